The second kappa shape index (κ2) is 12.6. The fraction of sp³-hybridized carbons (Fsp3) is 0.222. The molecule has 1 atom stereocenters. The van der Waals surface area contributed by atoms with Gasteiger partial charge in [0.15, 0.2) is 11.5 Å². The minimum atomic E-state index is -0.792. The summed E-state index contributed by atoms with van der Waals surface area (Å²) in [5, 5.41) is 7.09. The van der Waals surface area contributed by atoms with Gasteiger partial charge in [0.2, 0.25) is 0 Å². The van der Waals surface area contributed by atoms with Crippen LogP contribution in [0.5, 0.6) is 11.5 Å². The molecule has 0 aliphatic carbocycles. The predicted molar refractivity (Wildman–Crippen MR) is 137 cm³/mol. The largest absolute Gasteiger partial charge is 0.493 e. The molecule has 2 amide bonds. The van der Waals surface area contributed by atoms with E-state index in [2.05, 4.69) is 15.8 Å². The van der Waals surface area contributed by atoms with Crippen molar-refractivity contribution in [3.05, 3.63) is 94.5 Å². The van der Waals surface area contributed by atoms with E-state index in [0.29, 0.717) is 34.3 Å². The average Bonchev–Trinajstić information content (AvgIpc) is 2.86. The number of hydrogen-bond acceptors (Lipinski definition) is 5. The Kier molecular flexibility index (Phi) is 9.26. The van der Waals surface area contributed by atoms with E-state index in [-0.39, 0.29) is 5.92 Å². The smallest absolute Gasteiger partial charge is 0.262 e. The molecule has 8 heteroatoms. The van der Waals surface area contributed by atoms with Crippen LogP contribution in [0.1, 0.15) is 35.3 Å². The minimum Gasteiger partial charge on any atom is -0.493 e. The number of nitrogens with one attached hydrogen (secondary N) is 2. The van der Waals surface area contributed by atoms with Crippen LogP contribution < -0.4 is 20.2 Å². The number of hydrazone groups is 1. The summed E-state index contributed by atoms with van der Waals surface area (Å²) in [6.07, 6.45) is 1.49. The van der Waals surface area contributed by atoms with Crippen LogP contribution in [-0.2, 0) is 11.4 Å². The Balaban J connectivity index is 1.61. The van der Waals surface area contributed by atoms with Gasteiger partial charge in [-0.2, -0.15) is 5.10 Å². The Morgan fingerprint density at radius 2 is 1.71 bits per heavy atom. The molecule has 0 bridgehead atoms. The topological polar surface area (TPSA) is 89.0 Å². The van der Waals surface area contributed by atoms with E-state index >= 15 is 0 Å². The maximum absolute atomic E-state index is 12.7. The van der Waals surface area contributed by atoms with E-state index in [1.165, 1.54) is 6.21 Å². The highest BCUT2D eigenvalue weighted by atomic mass is 35.5. The zero-order valence-electron chi connectivity index (χ0n) is 19.8. The van der Waals surface area contributed by atoms with Crippen LogP contribution in [0.25, 0.3) is 0 Å². The number of carbonyl (C=O) groups excluding carboxylic acids is 2. The Labute approximate surface area is 210 Å². The lowest BCUT2D eigenvalue weighted by atomic mass is 10.0. The number of carbonyl (C=O) groups is 2. The normalized spacial score (nSPS) is 11.8. The van der Waals surface area contributed by atoms with E-state index in [9.17, 15) is 9.59 Å². The molecule has 0 radical (unpaired) electrons. The van der Waals surface area contributed by atoms with Crippen molar-refractivity contribution in [2.75, 3.05) is 7.11 Å². The Bertz CT molecular complexity index is 1180. The third-order valence-corrected chi connectivity index (χ3v) is 5.50. The number of ether oxygens (including phenoxy) is 2. The predicted octanol–water partition coefficient (Wildman–Crippen LogP) is 4.83. The van der Waals surface area contributed by atoms with Crippen molar-refractivity contribution < 1.29 is 19.1 Å². The van der Waals surface area contributed by atoms with Crippen molar-refractivity contribution in [2.24, 2.45) is 11.0 Å². The fourth-order valence-electron chi connectivity index (χ4n) is 3.26. The molecule has 7 nitrogen and oxygen atoms in total. The standard InChI is InChI=1S/C27H28ClN3O4/c1-18(2)25(30-26(32)21-11-7-8-12-22(21)28)27(33)31-29-16-20-13-14-23(24(15-20)34-3)35-17-19-9-5-4-6-10-19/h4-16,18,25H,17H2,1-3H3,(H,30,32)(H,31,33)/b29-16+. The first-order chi connectivity index (χ1) is 16.9. The lowest BCUT2D eigenvalue weighted by Crippen LogP contribution is -2.48. The van der Waals surface area contributed by atoms with Gasteiger partial charge < -0.3 is 14.8 Å². The molecule has 3 aromatic carbocycles. The summed E-state index contributed by atoms with van der Waals surface area (Å²) in [5.74, 6) is 0.108. The molecule has 182 valence electrons. The van der Waals surface area contributed by atoms with Crippen LogP contribution in [0, 0.1) is 5.92 Å². The Morgan fingerprint density at radius 1 is 1.00 bits per heavy atom. The quantitative estimate of drug-likeness (QED) is 0.312. The van der Waals surface area contributed by atoms with E-state index in [1.54, 1.807) is 49.6 Å². The van der Waals surface area contributed by atoms with E-state index in [0.717, 1.165) is 5.56 Å². The lowest BCUT2D eigenvalue weighted by Gasteiger charge is -2.20. The fourth-order valence-corrected chi connectivity index (χ4v) is 3.48. The molecule has 3 rings (SSSR count). The Morgan fingerprint density at radius 3 is 2.40 bits per heavy atom. The first-order valence-electron chi connectivity index (χ1n) is 11.1. The van der Waals surface area contributed by atoms with Crippen molar-refractivity contribution in [3.63, 3.8) is 0 Å². The highest BCUT2D eigenvalue weighted by Crippen LogP contribution is 2.28. The molecule has 0 fully saturated rings. The molecule has 2 N–H and O–H groups in total. The molecular formula is C27H28ClN3O4. The zero-order valence-corrected chi connectivity index (χ0v) is 20.6. The summed E-state index contributed by atoms with van der Waals surface area (Å²) >= 11 is 6.10. The molecule has 0 spiro atoms. The van der Waals surface area contributed by atoms with Crippen LogP contribution in [0.3, 0.4) is 0 Å². The molecule has 0 saturated heterocycles. The van der Waals surface area contributed by atoms with Gasteiger partial charge in [-0.3, -0.25) is 9.59 Å². The zero-order chi connectivity index (χ0) is 25.2. The van der Waals surface area contributed by atoms with Crippen molar-refractivity contribution >= 4 is 29.6 Å². The van der Waals surface area contributed by atoms with Crippen molar-refractivity contribution in [1.29, 1.82) is 0 Å². The molecule has 0 saturated carbocycles. The van der Waals surface area contributed by atoms with Crippen LogP contribution >= 0.6 is 11.6 Å². The molecular weight excluding hydrogens is 466 g/mol. The molecule has 35 heavy (non-hydrogen) atoms. The number of benzene rings is 3. The summed E-state index contributed by atoms with van der Waals surface area (Å²) in [6.45, 7) is 4.08. The van der Waals surface area contributed by atoms with Gasteiger partial charge in [-0.1, -0.05) is 67.9 Å². The number of amides is 2. The van der Waals surface area contributed by atoms with Crippen LogP contribution in [0.2, 0.25) is 5.02 Å². The van der Waals surface area contributed by atoms with Gasteiger partial charge in [0.05, 0.1) is 23.9 Å². The summed E-state index contributed by atoms with van der Waals surface area (Å²) in [7, 11) is 1.56. The number of methoxy groups -OCH3 is 1. The number of rotatable bonds is 10. The van der Waals surface area contributed by atoms with E-state index in [1.807, 2.05) is 44.2 Å². The van der Waals surface area contributed by atoms with Crippen molar-refractivity contribution in [3.8, 4) is 11.5 Å². The first kappa shape index (κ1) is 25.8. The third-order valence-electron chi connectivity index (χ3n) is 5.17. The molecule has 3 aromatic rings. The van der Waals surface area contributed by atoms with Crippen LogP contribution in [0.15, 0.2) is 77.9 Å². The van der Waals surface area contributed by atoms with Crippen molar-refractivity contribution in [1.82, 2.24) is 10.7 Å². The Hall–Kier alpha value is -3.84. The molecule has 0 aliphatic heterocycles. The first-order valence-corrected chi connectivity index (χ1v) is 11.5. The summed E-state index contributed by atoms with van der Waals surface area (Å²) in [4.78, 5) is 25.3. The van der Waals surface area contributed by atoms with E-state index < -0.39 is 17.9 Å². The van der Waals surface area contributed by atoms with E-state index in [4.69, 9.17) is 21.1 Å². The SMILES string of the molecule is COc1cc(/C=N/NC(=O)C(NC(=O)c2ccccc2Cl)C(C)C)ccc1OCc1ccccc1. The third kappa shape index (κ3) is 7.32. The van der Waals surface area contributed by atoms with Crippen molar-refractivity contribution in [2.45, 2.75) is 26.5 Å². The summed E-state index contributed by atoms with van der Waals surface area (Å²) < 4.78 is 11.3. The molecule has 0 heterocycles. The second-order valence-electron chi connectivity index (χ2n) is 8.09. The average molecular weight is 494 g/mol. The second-order valence-corrected chi connectivity index (χ2v) is 8.50. The maximum Gasteiger partial charge on any atom is 0.262 e. The van der Waals surface area contributed by atoms with Gasteiger partial charge in [0, 0.05) is 0 Å². The molecule has 1 unspecified atom stereocenters. The van der Waals surface area contributed by atoms with Gasteiger partial charge >= 0.3 is 0 Å². The molecule has 0 aliphatic rings. The lowest BCUT2D eigenvalue weighted by molar-refractivity contribution is -0.123. The van der Waals surface area contributed by atoms with Crippen LogP contribution in [-0.4, -0.2) is 31.2 Å². The maximum atomic E-state index is 12.7. The van der Waals surface area contributed by atoms with Gasteiger partial charge in [0.25, 0.3) is 11.8 Å². The van der Waals surface area contributed by atoms with Gasteiger partial charge in [-0.15, -0.1) is 0 Å². The van der Waals surface area contributed by atoms with Crippen LogP contribution in [0.4, 0.5) is 0 Å². The minimum absolute atomic E-state index is 0.169. The van der Waals surface area contributed by atoms with Gasteiger partial charge in [-0.25, -0.2) is 5.43 Å². The van der Waals surface area contributed by atoms with Gasteiger partial charge in [-0.05, 0) is 47.4 Å². The highest BCUT2D eigenvalue weighted by molar-refractivity contribution is 6.33. The molecule has 0 aromatic heterocycles. The summed E-state index contributed by atoms with van der Waals surface area (Å²) in [6, 6.07) is 21.0. The highest BCUT2D eigenvalue weighted by Gasteiger charge is 2.25. The number of hydrogen-bond donors (Lipinski definition) is 2. The summed E-state index contributed by atoms with van der Waals surface area (Å²) in [5.41, 5.74) is 4.55. The monoisotopic (exact) mass is 493 g/mol. The number of nitrogens with zero attached hydrogens (tertiary/aromatic N) is 1. The van der Waals surface area contributed by atoms with Gasteiger partial charge in [0.1, 0.15) is 12.6 Å². The number of halogens is 1.